The molecule has 5 fully saturated rings. The molecule has 5 aliphatic rings. The average Bonchev–Trinajstić information content (AvgIpc) is 3.14. The van der Waals surface area contributed by atoms with Gasteiger partial charge < -0.3 is 9.84 Å². The Balaban J connectivity index is 1.56. The quantitative estimate of drug-likeness (QED) is 0.474. The third kappa shape index (κ3) is 2.93. The van der Waals surface area contributed by atoms with Gasteiger partial charge in [-0.15, -0.1) is 0 Å². The third-order valence-corrected chi connectivity index (χ3v) is 13.6. The minimum atomic E-state index is -0.516. The number of aliphatic carboxylic acids is 1. The van der Waals surface area contributed by atoms with Crippen LogP contribution in [0, 0.1) is 56.7 Å². The maximum absolute atomic E-state index is 12.8. The van der Waals surface area contributed by atoms with Gasteiger partial charge in [0.25, 0.3) is 0 Å². The smallest absolute Gasteiger partial charge is 0.309 e. The van der Waals surface area contributed by atoms with Crippen molar-refractivity contribution in [3.8, 4) is 0 Å². The van der Waals surface area contributed by atoms with Crippen LogP contribution in [0.3, 0.4) is 0 Å². The average molecular weight is 459 g/mol. The number of fused-ring (bicyclic) bond motifs is 7. The number of ether oxygens (including phenoxy) is 1. The van der Waals surface area contributed by atoms with Crippen LogP contribution in [0.4, 0.5) is 0 Å². The summed E-state index contributed by atoms with van der Waals surface area (Å²) in [5, 5.41) is 10.6. The van der Waals surface area contributed by atoms with Gasteiger partial charge in [0, 0.05) is 7.11 Å². The van der Waals surface area contributed by atoms with Crippen LogP contribution in [0.25, 0.3) is 0 Å². The highest BCUT2D eigenvalue weighted by molar-refractivity contribution is 5.76. The molecule has 0 bridgehead atoms. The van der Waals surface area contributed by atoms with Crippen molar-refractivity contribution in [1.29, 1.82) is 0 Å². The first kappa shape index (κ1) is 24.1. The van der Waals surface area contributed by atoms with Crippen LogP contribution in [0.15, 0.2) is 0 Å². The Morgan fingerprint density at radius 1 is 0.848 bits per heavy atom. The van der Waals surface area contributed by atoms with Gasteiger partial charge in [0.1, 0.15) is 0 Å². The Morgan fingerprint density at radius 2 is 1.58 bits per heavy atom. The molecule has 5 saturated carbocycles. The van der Waals surface area contributed by atoms with Crippen molar-refractivity contribution >= 4 is 5.97 Å². The summed E-state index contributed by atoms with van der Waals surface area (Å²) in [5.41, 5.74) is 0.952. The molecule has 33 heavy (non-hydrogen) atoms. The molecule has 0 heterocycles. The normalized spacial score (nSPS) is 53.8. The Hall–Kier alpha value is -0.570. The number of hydrogen-bond acceptors (Lipinski definition) is 2. The Morgan fingerprint density at radius 3 is 2.24 bits per heavy atom. The van der Waals surface area contributed by atoms with Gasteiger partial charge >= 0.3 is 5.97 Å². The molecule has 0 aromatic heterocycles. The first-order chi connectivity index (χ1) is 15.4. The molecule has 5 aliphatic carbocycles. The van der Waals surface area contributed by atoms with Gasteiger partial charge in [-0.05, 0) is 122 Å². The van der Waals surface area contributed by atoms with E-state index >= 15 is 0 Å². The van der Waals surface area contributed by atoms with Crippen molar-refractivity contribution in [3.63, 3.8) is 0 Å². The molecule has 0 spiro atoms. The zero-order valence-corrected chi connectivity index (χ0v) is 22.5. The van der Waals surface area contributed by atoms with Crippen molar-refractivity contribution in [2.24, 2.45) is 56.7 Å². The second kappa shape index (κ2) is 7.47. The molecule has 9 unspecified atom stereocenters. The fourth-order valence-electron chi connectivity index (χ4n) is 11.8. The van der Waals surface area contributed by atoms with Gasteiger partial charge in [-0.2, -0.15) is 0 Å². The molecular formula is C30H50O3. The third-order valence-electron chi connectivity index (χ3n) is 13.6. The van der Waals surface area contributed by atoms with Crippen LogP contribution in [0.2, 0.25) is 0 Å². The van der Waals surface area contributed by atoms with Gasteiger partial charge in [-0.1, -0.05) is 41.0 Å². The lowest BCUT2D eigenvalue weighted by Gasteiger charge is -2.72. The molecule has 0 aliphatic heterocycles. The molecule has 5 rings (SSSR count). The zero-order chi connectivity index (χ0) is 24.0. The SMILES string of the molecule is COC(C)C1CCC2(C(=O)O)CC[C@]3(C)C(CCC4C5(C)CCCC(C)(C)C5CCC43C)C12. The maximum Gasteiger partial charge on any atom is 0.309 e. The molecule has 0 aromatic carbocycles. The largest absolute Gasteiger partial charge is 0.481 e. The number of hydrogen-bond donors (Lipinski definition) is 1. The van der Waals surface area contributed by atoms with E-state index < -0.39 is 11.4 Å². The van der Waals surface area contributed by atoms with Crippen LogP contribution in [0.5, 0.6) is 0 Å². The number of carboxylic acids is 1. The highest BCUT2D eigenvalue weighted by atomic mass is 16.5. The van der Waals surface area contributed by atoms with E-state index in [9.17, 15) is 9.90 Å². The van der Waals surface area contributed by atoms with Crippen LogP contribution in [-0.4, -0.2) is 24.3 Å². The molecule has 3 heteroatoms. The lowest BCUT2D eigenvalue weighted by atomic mass is 9.32. The summed E-state index contributed by atoms with van der Waals surface area (Å²) in [6.45, 7) is 15.2. The van der Waals surface area contributed by atoms with Crippen molar-refractivity contribution in [1.82, 2.24) is 0 Å². The summed E-state index contributed by atoms with van der Waals surface area (Å²) in [6, 6.07) is 0. The molecule has 10 atom stereocenters. The molecule has 0 radical (unpaired) electrons. The predicted octanol–water partition coefficient (Wildman–Crippen LogP) is 7.58. The van der Waals surface area contributed by atoms with E-state index in [2.05, 4.69) is 41.5 Å². The minimum absolute atomic E-state index is 0.150. The molecular weight excluding hydrogens is 408 g/mol. The number of methoxy groups -OCH3 is 1. The maximum atomic E-state index is 12.8. The Kier molecular flexibility index (Phi) is 5.46. The Bertz CT molecular complexity index is 804. The van der Waals surface area contributed by atoms with E-state index in [0.29, 0.717) is 28.1 Å². The predicted molar refractivity (Wildman–Crippen MR) is 133 cm³/mol. The first-order valence-corrected chi connectivity index (χ1v) is 14.1. The molecule has 188 valence electrons. The van der Waals surface area contributed by atoms with E-state index in [1.54, 1.807) is 0 Å². The van der Waals surface area contributed by atoms with E-state index in [-0.39, 0.29) is 17.4 Å². The zero-order valence-electron chi connectivity index (χ0n) is 22.5. The summed E-state index contributed by atoms with van der Waals surface area (Å²) in [7, 11) is 1.82. The van der Waals surface area contributed by atoms with Crippen molar-refractivity contribution in [3.05, 3.63) is 0 Å². The molecule has 0 saturated heterocycles. The van der Waals surface area contributed by atoms with Crippen LogP contribution >= 0.6 is 0 Å². The van der Waals surface area contributed by atoms with E-state index in [1.807, 2.05) is 7.11 Å². The summed E-state index contributed by atoms with van der Waals surface area (Å²) < 4.78 is 5.87. The number of carbonyl (C=O) groups is 1. The van der Waals surface area contributed by atoms with Crippen molar-refractivity contribution < 1.29 is 14.6 Å². The lowest BCUT2D eigenvalue weighted by molar-refractivity contribution is -0.240. The summed E-state index contributed by atoms with van der Waals surface area (Å²) in [5.74, 6) is 2.28. The van der Waals surface area contributed by atoms with E-state index in [4.69, 9.17) is 4.74 Å². The molecule has 0 aromatic rings. The summed E-state index contributed by atoms with van der Waals surface area (Å²) in [6.07, 6.45) is 13.4. The van der Waals surface area contributed by atoms with Crippen LogP contribution < -0.4 is 0 Å². The fourth-order valence-corrected chi connectivity index (χ4v) is 11.8. The number of carboxylic acid groups (broad SMARTS) is 1. The summed E-state index contributed by atoms with van der Waals surface area (Å²) in [4.78, 5) is 12.8. The fraction of sp³-hybridized carbons (Fsp3) is 0.967. The van der Waals surface area contributed by atoms with E-state index in [1.165, 1.54) is 44.9 Å². The second-order valence-corrected chi connectivity index (χ2v) is 14.6. The lowest BCUT2D eigenvalue weighted by Crippen LogP contribution is -2.66. The number of rotatable bonds is 3. The van der Waals surface area contributed by atoms with Crippen molar-refractivity contribution in [2.75, 3.05) is 7.11 Å². The topological polar surface area (TPSA) is 46.5 Å². The first-order valence-electron chi connectivity index (χ1n) is 14.1. The van der Waals surface area contributed by atoms with Gasteiger partial charge in [-0.3, -0.25) is 4.79 Å². The van der Waals surface area contributed by atoms with Crippen LogP contribution in [0.1, 0.15) is 112 Å². The Labute approximate surface area is 202 Å². The standard InChI is InChI=1S/C30H50O3/c1-19(33-7)20-11-16-30(25(31)32)18-17-28(5)21(24(20)30)9-10-23-27(4)14-8-13-26(2,3)22(27)12-15-29(23,28)6/h19-24H,8-18H2,1-7H3,(H,31,32)/t19?,20?,21?,22?,23?,24?,27?,28-,29?,30?/m1/s1. The van der Waals surface area contributed by atoms with E-state index in [0.717, 1.165) is 37.5 Å². The highest BCUT2D eigenvalue weighted by Crippen LogP contribution is 2.77. The highest BCUT2D eigenvalue weighted by Gasteiger charge is 2.71. The summed E-state index contributed by atoms with van der Waals surface area (Å²) >= 11 is 0. The second-order valence-electron chi connectivity index (χ2n) is 14.6. The molecule has 3 nitrogen and oxygen atoms in total. The van der Waals surface area contributed by atoms with Gasteiger partial charge in [0.05, 0.1) is 11.5 Å². The van der Waals surface area contributed by atoms with Gasteiger partial charge in [0.15, 0.2) is 0 Å². The molecule has 0 amide bonds. The van der Waals surface area contributed by atoms with Crippen LogP contribution in [-0.2, 0) is 9.53 Å². The minimum Gasteiger partial charge on any atom is -0.481 e. The van der Waals surface area contributed by atoms with Crippen molar-refractivity contribution in [2.45, 2.75) is 118 Å². The monoisotopic (exact) mass is 458 g/mol. The van der Waals surface area contributed by atoms with Gasteiger partial charge in [-0.25, -0.2) is 0 Å². The molecule has 1 N–H and O–H groups in total. The van der Waals surface area contributed by atoms with Gasteiger partial charge in [0.2, 0.25) is 0 Å².